The Morgan fingerprint density at radius 3 is 1.36 bits per heavy atom. The van der Waals surface area contributed by atoms with E-state index in [-0.39, 0.29) is 10.8 Å². The van der Waals surface area contributed by atoms with Gasteiger partial charge < -0.3 is 0 Å². The van der Waals surface area contributed by atoms with Crippen molar-refractivity contribution < 1.29 is 0 Å². The molecule has 4 nitrogen and oxygen atoms in total. The summed E-state index contributed by atoms with van der Waals surface area (Å²) in [5, 5.41) is 2.36. The molecule has 0 fully saturated rings. The maximum Gasteiger partial charge on any atom is 0.238 e. The SMILES string of the molecule is CC(C)(C)c1cccc(-c2nc(-c3cccc(C(C)(C)C)c3)nc(-n3c4ccccc4c4ccccc43)n2)c1. The molecule has 0 bridgehead atoms. The van der Waals surface area contributed by atoms with Crippen LogP contribution in [0.1, 0.15) is 52.7 Å². The van der Waals surface area contributed by atoms with Gasteiger partial charge in [0, 0.05) is 21.9 Å². The lowest BCUT2D eigenvalue weighted by molar-refractivity contribution is 0.590. The molecule has 0 atom stereocenters. The molecule has 0 spiro atoms. The van der Waals surface area contributed by atoms with Crippen molar-refractivity contribution >= 4 is 21.8 Å². The summed E-state index contributed by atoms with van der Waals surface area (Å²) in [6.45, 7) is 13.4. The second-order valence-corrected chi connectivity index (χ2v) is 12.3. The van der Waals surface area contributed by atoms with Gasteiger partial charge in [0.05, 0.1) is 11.0 Å². The molecular weight excluding hydrogens is 476 g/mol. The van der Waals surface area contributed by atoms with Crippen LogP contribution in [0.5, 0.6) is 0 Å². The third kappa shape index (κ3) is 4.61. The molecule has 0 saturated carbocycles. The summed E-state index contributed by atoms with van der Waals surface area (Å²) in [7, 11) is 0. The molecule has 6 rings (SSSR count). The van der Waals surface area contributed by atoms with E-state index in [1.807, 2.05) is 0 Å². The zero-order valence-corrected chi connectivity index (χ0v) is 23.5. The van der Waals surface area contributed by atoms with Crippen LogP contribution in [0, 0.1) is 0 Å². The highest BCUT2D eigenvalue weighted by Gasteiger charge is 2.20. The summed E-state index contributed by atoms with van der Waals surface area (Å²) in [6.07, 6.45) is 0. The van der Waals surface area contributed by atoms with Gasteiger partial charge in [-0.05, 0) is 46.2 Å². The molecule has 0 radical (unpaired) electrons. The smallest absolute Gasteiger partial charge is 0.238 e. The lowest BCUT2D eigenvalue weighted by Gasteiger charge is -2.20. The van der Waals surface area contributed by atoms with Crippen LogP contribution >= 0.6 is 0 Å². The Bertz CT molecular complexity index is 1700. The summed E-state index contributed by atoms with van der Waals surface area (Å²) < 4.78 is 2.17. The minimum absolute atomic E-state index is 0.0164. The van der Waals surface area contributed by atoms with Gasteiger partial charge in [-0.3, -0.25) is 4.57 Å². The predicted molar refractivity (Wildman–Crippen MR) is 162 cm³/mol. The van der Waals surface area contributed by atoms with E-state index in [4.69, 9.17) is 15.0 Å². The second kappa shape index (κ2) is 9.16. The van der Waals surface area contributed by atoms with Gasteiger partial charge in [-0.2, -0.15) is 9.97 Å². The number of para-hydroxylation sites is 2. The molecule has 0 saturated heterocycles. The lowest BCUT2D eigenvalue weighted by Crippen LogP contribution is -2.12. The van der Waals surface area contributed by atoms with Gasteiger partial charge >= 0.3 is 0 Å². The number of benzene rings is 4. The molecule has 194 valence electrons. The zero-order chi connectivity index (χ0) is 27.4. The van der Waals surface area contributed by atoms with E-state index in [0.717, 1.165) is 22.2 Å². The molecule has 0 aliphatic heterocycles. The van der Waals surface area contributed by atoms with E-state index in [1.165, 1.54) is 21.9 Å². The molecule has 0 amide bonds. The van der Waals surface area contributed by atoms with Crippen LogP contribution in [0.25, 0.3) is 50.5 Å². The van der Waals surface area contributed by atoms with Crippen LogP contribution in [0.15, 0.2) is 97.1 Å². The number of hydrogen-bond acceptors (Lipinski definition) is 3. The molecule has 4 heteroatoms. The summed E-state index contributed by atoms with van der Waals surface area (Å²) in [5.41, 5.74) is 6.65. The Kier molecular flexibility index (Phi) is 5.87. The number of hydrogen-bond donors (Lipinski definition) is 0. The predicted octanol–water partition coefficient (Wildman–Crippen LogP) is 8.90. The monoisotopic (exact) mass is 510 g/mol. The molecule has 0 aliphatic rings. The summed E-state index contributed by atoms with van der Waals surface area (Å²) in [6, 6.07) is 34.1. The molecule has 2 aromatic heterocycles. The highest BCUT2D eigenvalue weighted by molar-refractivity contribution is 6.08. The van der Waals surface area contributed by atoms with E-state index in [9.17, 15) is 0 Å². The van der Waals surface area contributed by atoms with Crippen LogP contribution in [-0.2, 0) is 10.8 Å². The first-order valence-corrected chi connectivity index (χ1v) is 13.6. The minimum atomic E-state index is 0.0164. The third-order valence-corrected chi connectivity index (χ3v) is 7.38. The number of rotatable bonds is 3. The fourth-order valence-electron chi connectivity index (χ4n) is 5.11. The van der Waals surface area contributed by atoms with Gasteiger partial charge in [0.15, 0.2) is 11.6 Å². The van der Waals surface area contributed by atoms with Gasteiger partial charge in [-0.15, -0.1) is 0 Å². The fraction of sp³-hybridized carbons (Fsp3) is 0.229. The standard InChI is InChI=1S/C35H34N4/c1-34(2,3)25-15-11-13-23(21-25)31-36-32(24-14-12-16-26(22-24)35(4,5)6)38-33(37-31)39-29-19-9-7-17-27(29)28-18-8-10-20-30(28)39/h7-22H,1-6H3. The first-order chi connectivity index (χ1) is 18.6. The Morgan fingerprint density at radius 1 is 0.487 bits per heavy atom. The normalized spacial score (nSPS) is 12.4. The topological polar surface area (TPSA) is 43.6 Å². The number of aromatic nitrogens is 4. The fourth-order valence-corrected chi connectivity index (χ4v) is 5.11. The first-order valence-electron chi connectivity index (χ1n) is 13.6. The molecule has 0 N–H and O–H groups in total. The van der Waals surface area contributed by atoms with Crippen molar-refractivity contribution in [3.8, 4) is 28.7 Å². The highest BCUT2D eigenvalue weighted by atomic mass is 15.2. The maximum absolute atomic E-state index is 5.11. The molecule has 0 unspecified atom stereocenters. The van der Waals surface area contributed by atoms with Gasteiger partial charge in [0.1, 0.15) is 0 Å². The Balaban J connectivity index is 1.65. The maximum atomic E-state index is 5.11. The molecule has 4 aromatic carbocycles. The molecule has 6 aromatic rings. The van der Waals surface area contributed by atoms with Crippen molar-refractivity contribution in [1.82, 2.24) is 19.5 Å². The third-order valence-electron chi connectivity index (χ3n) is 7.38. The van der Waals surface area contributed by atoms with Gasteiger partial charge in [0.2, 0.25) is 5.95 Å². The van der Waals surface area contributed by atoms with Crippen LogP contribution in [0.3, 0.4) is 0 Å². The number of nitrogens with zero attached hydrogens (tertiary/aromatic N) is 4. The van der Waals surface area contributed by atoms with Crippen LogP contribution in [-0.4, -0.2) is 19.5 Å². The largest absolute Gasteiger partial charge is 0.278 e. The number of fused-ring (bicyclic) bond motifs is 3. The molecular formula is C35H34N4. The molecule has 2 heterocycles. The van der Waals surface area contributed by atoms with Gasteiger partial charge in [0.25, 0.3) is 0 Å². The van der Waals surface area contributed by atoms with E-state index in [1.54, 1.807) is 0 Å². The average molecular weight is 511 g/mol. The van der Waals surface area contributed by atoms with E-state index >= 15 is 0 Å². The van der Waals surface area contributed by atoms with Gasteiger partial charge in [-0.1, -0.05) is 114 Å². The zero-order valence-electron chi connectivity index (χ0n) is 23.5. The van der Waals surface area contributed by atoms with Crippen molar-refractivity contribution in [2.45, 2.75) is 52.4 Å². The van der Waals surface area contributed by atoms with Crippen molar-refractivity contribution in [1.29, 1.82) is 0 Å². The van der Waals surface area contributed by atoms with Crippen LogP contribution in [0.2, 0.25) is 0 Å². The summed E-state index contributed by atoms with van der Waals surface area (Å²) in [4.78, 5) is 15.3. The molecule has 0 aliphatic carbocycles. The molecule has 39 heavy (non-hydrogen) atoms. The van der Waals surface area contributed by atoms with E-state index < -0.39 is 0 Å². The van der Waals surface area contributed by atoms with Crippen molar-refractivity contribution in [3.05, 3.63) is 108 Å². The Labute approximate surface area is 230 Å². The Hall–Kier alpha value is -4.31. The Morgan fingerprint density at radius 2 is 0.923 bits per heavy atom. The first kappa shape index (κ1) is 25.0. The lowest BCUT2D eigenvalue weighted by atomic mass is 9.86. The van der Waals surface area contributed by atoms with E-state index in [0.29, 0.717) is 17.6 Å². The minimum Gasteiger partial charge on any atom is -0.278 e. The van der Waals surface area contributed by atoms with Crippen LogP contribution < -0.4 is 0 Å². The van der Waals surface area contributed by atoms with Crippen molar-refractivity contribution in [2.75, 3.05) is 0 Å². The van der Waals surface area contributed by atoms with Crippen molar-refractivity contribution in [2.24, 2.45) is 0 Å². The highest BCUT2D eigenvalue weighted by Crippen LogP contribution is 2.33. The average Bonchev–Trinajstić information content (AvgIpc) is 3.26. The van der Waals surface area contributed by atoms with Crippen LogP contribution in [0.4, 0.5) is 0 Å². The summed E-state index contributed by atoms with van der Waals surface area (Å²) in [5.74, 6) is 1.96. The summed E-state index contributed by atoms with van der Waals surface area (Å²) >= 11 is 0. The van der Waals surface area contributed by atoms with Crippen molar-refractivity contribution in [3.63, 3.8) is 0 Å². The quantitative estimate of drug-likeness (QED) is 0.239. The second-order valence-electron chi connectivity index (χ2n) is 12.3. The van der Waals surface area contributed by atoms with Gasteiger partial charge in [-0.25, -0.2) is 4.98 Å². The van der Waals surface area contributed by atoms with E-state index in [2.05, 4.69) is 143 Å².